The molecule has 3 aliphatic carbocycles. The van der Waals surface area contributed by atoms with Crippen LogP contribution in [0, 0.1) is 35.0 Å². The molecule has 0 bridgehead atoms. The summed E-state index contributed by atoms with van der Waals surface area (Å²) in [7, 11) is 0. The lowest BCUT2D eigenvalue weighted by atomic mass is 9.57. The number of allylic oxidation sites excluding steroid dienone is 5. The third kappa shape index (κ3) is 3.56. The molecule has 0 spiro atoms. The first-order valence-corrected chi connectivity index (χ1v) is 10.8. The van der Waals surface area contributed by atoms with E-state index in [1.165, 1.54) is 56.9 Å². The van der Waals surface area contributed by atoms with Crippen LogP contribution in [0.25, 0.3) is 0 Å². The highest BCUT2D eigenvalue weighted by Crippen LogP contribution is 2.71. The van der Waals surface area contributed by atoms with Crippen LogP contribution in [-0.2, 0) is 0 Å². The average molecular weight is 341 g/mol. The van der Waals surface area contributed by atoms with E-state index in [1.807, 2.05) is 0 Å². The molecule has 0 aromatic carbocycles. The van der Waals surface area contributed by atoms with Crippen LogP contribution in [0.1, 0.15) is 86.0 Å². The predicted octanol–water partition coefficient (Wildman–Crippen LogP) is 7.72. The zero-order chi connectivity index (χ0) is 18.2. The van der Waals surface area contributed by atoms with E-state index >= 15 is 0 Å². The fourth-order valence-electron chi connectivity index (χ4n) is 6.60. The molecule has 0 nitrogen and oxygen atoms in total. The topological polar surface area (TPSA) is 0 Å². The van der Waals surface area contributed by atoms with E-state index in [1.54, 1.807) is 11.1 Å². The lowest BCUT2D eigenvalue weighted by Gasteiger charge is -2.48. The molecule has 0 radical (unpaired) electrons. The maximum absolute atomic E-state index is 4.62. The van der Waals surface area contributed by atoms with Crippen LogP contribution in [0.3, 0.4) is 0 Å². The van der Waals surface area contributed by atoms with E-state index < -0.39 is 0 Å². The summed E-state index contributed by atoms with van der Waals surface area (Å²) >= 11 is 0. The van der Waals surface area contributed by atoms with Gasteiger partial charge in [-0.1, -0.05) is 55.7 Å². The standard InChI is InChI=1S/C25H40/c1-17(2)9-7-10-18(3)11-8-12-19(4)23-22-15-16-25(22,6)21-14-13-20(5)24(21)23/h9,11,20-24H,4,7-8,10,12-16H2,1-3,5-6H3/b18-11+/t20-,21+,22+,23-,24-,25-/m0/s1. The molecule has 25 heavy (non-hydrogen) atoms. The maximum Gasteiger partial charge on any atom is -0.0138 e. The molecule has 140 valence electrons. The summed E-state index contributed by atoms with van der Waals surface area (Å²) in [5.74, 6) is 4.67. The van der Waals surface area contributed by atoms with Crippen LogP contribution in [0.5, 0.6) is 0 Å². The van der Waals surface area contributed by atoms with Crippen molar-refractivity contribution in [2.75, 3.05) is 0 Å². The summed E-state index contributed by atoms with van der Waals surface area (Å²) in [4.78, 5) is 0. The molecule has 3 fully saturated rings. The normalized spacial score (nSPS) is 39.6. The quantitative estimate of drug-likeness (QED) is 0.416. The first kappa shape index (κ1) is 19.0. The fourth-order valence-corrected chi connectivity index (χ4v) is 6.60. The summed E-state index contributed by atoms with van der Waals surface area (Å²) in [6.45, 7) is 16.4. The van der Waals surface area contributed by atoms with Crippen molar-refractivity contribution >= 4 is 0 Å². The summed E-state index contributed by atoms with van der Waals surface area (Å²) < 4.78 is 0. The van der Waals surface area contributed by atoms with Crippen LogP contribution in [0.2, 0.25) is 0 Å². The second kappa shape index (κ2) is 7.45. The molecule has 3 rings (SSSR count). The highest BCUT2D eigenvalue weighted by Gasteiger charge is 2.64. The van der Waals surface area contributed by atoms with Crippen LogP contribution >= 0.6 is 0 Å². The van der Waals surface area contributed by atoms with E-state index in [4.69, 9.17) is 0 Å². The van der Waals surface area contributed by atoms with Crippen LogP contribution in [0.15, 0.2) is 35.5 Å². The van der Waals surface area contributed by atoms with Gasteiger partial charge < -0.3 is 0 Å². The van der Waals surface area contributed by atoms with Crippen LogP contribution < -0.4 is 0 Å². The molecule has 6 atom stereocenters. The molecule has 0 heteroatoms. The first-order valence-electron chi connectivity index (χ1n) is 10.8. The molecule has 3 aliphatic rings. The molecular formula is C25H40. The SMILES string of the molecule is C=C(CC/C=C(\C)CCC=C(C)C)[C@@H]1[C@@H]2[C@@H](CC[C@@H]2C)[C@]2(C)CC[C@H]12. The van der Waals surface area contributed by atoms with Crippen molar-refractivity contribution in [2.45, 2.75) is 86.0 Å². The van der Waals surface area contributed by atoms with Gasteiger partial charge in [-0.2, -0.15) is 0 Å². The van der Waals surface area contributed by atoms with E-state index in [0.29, 0.717) is 5.41 Å². The Morgan fingerprint density at radius 2 is 1.72 bits per heavy atom. The summed E-state index contributed by atoms with van der Waals surface area (Å²) in [5.41, 5.74) is 5.24. The molecule has 0 aromatic rings. The second-order valence-electron chi connectivity index (χ2n) is 9.98. The van der Waals surface area contributed by atoms with Crippen molar-refractivity contribution in [1.29, 1.82) is 0 Å². The molecule has 0 saturated heterocycles. The Morgan fingerprint density at radius 1 is 1.00 bits per heavy atom. The molecule has 0 aromatic heterocycles. The van der Waals surface area contributed by atoms with Gasteiger partial charge in [0.15, 0.2) is 0 Å². The second-order valence-corrected chi connectivity index (χ2v) is 9.98. The Bertz CT molecular complexity index is 559. The lowest BCUT2D eigenvalue weighted by Crippen LogP contribution is -2.39. The van der Waals surface area contributed by atoms with Crippen molar-refractivity contribution < 1.29 is 0 Å². The Kier molecular flexibility index (Phi) is 5.66. The summed E-state index contributed by atoms with van der Waals surface area (Å²) in [6.07, 6.45) is 15.6. The summed E-state index contributed by atoms with van der Waals surface area (Å²) in [6, 6.07) is 0. The maximum atomic E-state index is 4.62. The smallest absolute Gasteiger partial charge is 0.0138 e. The van der Waals surface area contributed by atoms with Gasteiger partial charge in [-0.15, -0.1) is 0 Å². The van der Waals surface area contributed by atoms with Crippen molar-refractivity contribution in [3.8, 4) is 0 Å². The molecule has 0 N–H and O–H groups in total. The van der Waals surface area contributed by atoms with Crippen molar-refractivity contribution in [1.82, 2.24) is 0 Å². The van der Waals surface area contributed by atoms with Crippen molar-refractivity contribution in [3.05, 3.63) is 35.5 Å². The minimum Gasteiger partial charge on any atom is -0.0995 e. The van der Waals surface area contributed by atoms with Crippen LogP contribution in [-0.4, -0.2) is 0 Å². The third-order valence-corrected chi connectivity index (χ3v) is 8.11. The van der Waals surface area contributed by atoms with Gasteiger partial charge in [0.2, 0.25) is 0 Å². The fraction of sp³-hybridized carbons (Fsp3) is 0.760. The van der Waals surface area contributed by atoms with E-state index in [9.17, 15) is 0 Å². The van der Waals surface area contributed by atoms with E-state index in [-0.39, 0.29) is 0 Å². The molecular weight excluding hydrogens is 300 g/mol. The van der Waals surface area contributed by atoms with Gasteiger partial charge in [0.05, 0.1) is 0 Å². The van der Waals surface area contributed by atoms with Crippen molar-refractivity contribution in [3.63, 3.8) is 0 Å². The Balaban J connectivity index is 1.55. The van der Waals surface area contributed by atoms with Gasteiger partial charge in [-0.25, -0.2) is 0 Å². The number of rotatable bonds is 7. The molecule has 3 saturated carbocycles. The Labute approximate surface area is 156 Å². The van der Waals surface area contributed by atoms with E-state index in [2.05, 4.69) is 53.3 Å². The van der Waals surface area contributed by atoms with Gasteiger partial charge in [0.1, 0.15) is 0 Å². The summed E-state index contributed by atoms with van der Waals surface area (Å²) in [5, 5.41) is 0. The lowest BCUT2D eigenvalue weighted by molar-refractivity contribution is 0.0268. The zero-order valence-electron chi connectivity index (χ0n) is 17.4. The first-order chi connectivity index (χ1) is 11.8. The Hall–Kier alpha value is -0.780. The van der Waals surface area contributed by atoms with Gasteiger partial charge in [-0.3, -0.25) is 0 Å². The largest absolute Gasteiger partial charge is 0.0995 e. The van der Waals surface area contributed by atoms with E-state index in [0.717, 1.165) is 29.6 Å². The van der Waals surface area contributed by atoms with Gasteiger partial charge in [0, 0.05) is 0 Å². The van der Waals surface area contributed by atoms with Gasteiger partial charge in [0.25, 0.3) is 0 Å². The van der Waals surface area contributed by atoms with Crippen LogP contribution in [0.4, 0.5) is 0 Å². The minimum atomic E-state index is 0.666. The molecule has 0 amide bonds. The zero-order valence-corrected chi connectivity index (χ0v) is 17.4. The monoisotopic (exact) mass is 340 g/mol. The highest BCUT2D eigenvalue weighted by molar-refractivity contribution is 5.21. The number of hydrogen-bond donors (Lipinski definition) is 0. The predicted molar refractivity (Wildman–Crippen MR) is 110 cm³/mol. The third-order valence-electron chi connectivity index (χ3n) is 8.11. The van der Waals surface area contributed by atoms with Crippen molar-refractivity contribution in [2.24, 2.45) is 35.0 Å². The number of fused-ring (bicyclic) bond motifs is 3. The number of hydrogen-bond acceptors (Lipinski definition) is 0. The highest BCUT2D eigenvalue weighted by atomic mass is 14.7. The molecule has 0 heterocycles. The van der Waals surface area contributed by atoms with Gasteiger partial charge >= 0.3 is 0 Å². The molecule has 0 unspecified atom stereocenters. The Morgan fingerprint density at radius 3 is 2.36 bits per heavy atom. The minimum absolute atomic E-state index is 0.666. The van der Waals surface area contributed by atoms with Gasteiger partial charge in [-0.05, 0) is 101 Å². The average Bonchev–Trinajstić information content (AvgIpc) is 2.98. The molecule has 0 aliphatic heterocycles.